The van der Waals surface area contributed by atoms with E-state index in [1.54, 1.807) is 7.11 Å². The van der Waals surface area contributed by atoms with Crippen LogP contribution in [0.25, 0.3) is 0 Å². The number of aliphatic hydroxyl groups is 1. The van der Waals surface area contributed by atoms with Crippen molar-refractivity contribution in [1.82, 2.24) is 10.2 Å². The van der Waals surface area contributed by atoms with Gasteiger partial charge in [-0.2, -0.15) is 26.3 Å². The van der Waals surface area contributed by atoms with Crippen molar-refractivity contribution in [2.45, 2.75) is 62.0 Å². The van der Waals surface area contributed by atoms with Crippen LogP contribution in [-0.4, -0.2) is 90.5 Å². The molecule has 0 aromatic heterocycles. The molecule has 2 heterocycles. The van der Waals surface area contributed by atoms with E-state index in [0.29, 0.717) is 0 Å². The zero-order valence-corrected chi connectivity index (χ0v) is 21.4. The van der Waals surface area contributed by atoms with Gasteiger partial charge in [-0.15, -0.1) is 0 Å². The molecular formula is C25H34F6N2O6. The van der Waals surface area contributed by atoms with Gasteiger partial charge in [-0.3, -0.25) is 4.90 Å². The van der Waals surface area contributed by atoms with E-state index in [4.69, 9.17) is 24.5 Å². The molecule has 0 amide bonds. The number of carboxylic acids is 2. The van der Waals surface area contributed by atoms with E-state index in [-0.39, 0.29) is 17.6 Å². The average Bonchev–Trinajstić information content (AvgIpc) is 3.10. The van der Waals surface area contributed by atoms with Crippen molar-refractivity contribution in [3.8, 4) is 0 Å². The van der Waals surface area contributed by atoms with Crippen LogP contribution in [-0.2, 0) is 19.7 Å². The number of hydrogen-bond donors (Lipinski definition) is 4. The SMILES string of the molecule is COCCC1CCN([C@@H]2c3ccccc3C3(CCNCC3)[C@H]2O)CC1.O=C(O)C(F)(F)F.O=C(O)C(F)(F)F. The van der Waals surface area contributed by atoms with Crippen molar-refractivity contribution in [2.75, 3.05) is 39.9 Å². The van der Waals surface area contributed by atoms with Crippen molar-refractivity contribution in [2.24, 2.45) is 5.92 Å². The highest BCUT2D eigenvalue weighted by Gasteiger charge is 2.53. The van der Waals surface area contributed by atoms with E-state index in [9.17, 15) is 31.4 Å². The zero-order chi connectivity index (χ0) is 29.4. The first kappa shape index (κ1) is 32.8. The summed E-state index contributed by atoms with van der Waals surface area (Å²) in [6, 6.07) is 9.00. The van der Waals surface area contributed by atoms with Gasteiger partial charge >= 0.3 is 24.3 Å². The molecule has 222 valence electrons. The first-order valence-corrected chi connectivity index (χ1v) is 12.5. The first-order valence-electron chi connectivity index (χ1n) is 12.5. The smallest absolute Gasteiger partial charge is 0.475 e. The van der Waals surface area contributed by atoms with Crippen LogP contribution >= 0.6 is 0 Å². The summed E-state index contributed by atoms with van der Waals surface area (Å²) in [4.78, 5) is 20.4. The number of nitrogens with zero attached hydrogens (tertiary/aromatic N) is 1. The summed E-state index contributed by atoms with van der Waals surface area (Å²) < 4.78 is 68.7. The highest BCUT2D eigenvalue weighted by atomic mass is 19.4. The number of nitrogens with one attached hydrogen (secondary N) is 1. The van der Waals surface area contributed by atoms with E-state index in [2.05, 4.69) is 34.5 Å². The fourth-order valence-corrected chi connectivity index (χ4v) is 5.48. The predicted octanol–water partition coefficient (Wildman–Crippen LogP) is 3.74. The number of ether oxygens (including phenoxy) is 1. The minimum Gasteiger partial charge on any atom is -0.475 e. The molecule has 2 saturated heterocycles. The van der Waals surface area contributed by atoms with Crippen LogP contribution in [0.1, 0.15) is 49.3 Å². The van der Waals surface area contributed by atoms with Crippen LogP contribution in [0.5, 0.6) is 0 Å². The molecule has 4 N–H and O–H groups in total. The summed E-state index contributed by atoms with van der Waals surface area (Å²) in [5.41, 5.74) is 2.75. The second kappa shape index (κ2) is 13.8. The molecule has 1 aromatic carbocycles. The maximum Gasteiger partial charge on any atom is 0.490 e. The van der Waals surface area contributed by atoms with Crippen LogP contribution in [0, 0.1) is 5.92 Å². The zero-order valence-electron chi connectivity index (χ0n) is 21.4. The van der Waals surface area contributed by atoms with Crippen LogP contribution in [0.4, 0.5) is 26.3 Å². The Hall–Kier alpha value is -2.42. The van der Waals surface area contributed by atoms with Gasteiger partial charge < -0.3 is 25.4 Å². The minimum atomic E-state index is -5.08. The highest BCUT2D eigenvalue weighted by Crippen LogP contribution is 2.52. The predicted molar refractivity (Wildman–Crippen MR) is 127 cm³/mol. The summed E-state index contributed by atoms with van der Waals surface area (Å²) in [7, 11) is 1.79. The number of carbonyl (C=O) groups is 2. The van der Waals surface area contributed by atoms with Gasteiger partial charge in [-0.25, -0.2) is 9.59 Å². The summed E-state index contributed by atoms with van der Waals surface area (Å²) in [6.45, 7) is 5.08. The van der Waals surface area contributed by atoms with E-state index in [0.717, 1.165) is 51.5 Å². The highest BCUT2D eigenvalue weighted by molar-refractivity contribution is 5.73. The molecule has 1 aromatic rings. The van der Waals surface area contributed by atoms with Crippen LogP contribution in [0.3, 0.4) is 0 Å². The van der Waals surface area contributed by atoms with Gasteiger partial charge in [0.15, 0.2) is 0 Å². The first-order chi connectivity index (χ1) is 18.1. The number of rotatable bonds is 4. The second-order valence-electron chi connectivity index (χ2n) is 9.75. The Labute approximate surface area is 221 Å². The van der Waals surface area contributed by atoms with Crippen molar-refractivity contribution >= 4 is 11.9 Å². The van der Waals surface area contributed by atoms with Gasteiger partial charge in [0.2, 0.25) is 0 Å². The van der Waals surface area contributed by atoms with Crippen LogP contribution in [0.15, 0.2) is 24.3 Å². The number of alkyl halides is 6. The van der Waals surface area contributed by atoms with E-state index < -0.39 is 24.3 Å². The van der Waals surface area contributed by atoms with Gasteiger partial charge in [0.05, 0.1) is 12.1 Å². The second-order valence-corrected chi connectivity index (χ2v) is 9.75. The average molecular weight is 573 g/mol. The molecule has 0 bridgehead atoms. The molecule has 4 rings (SSSR count). The molecule has 0 unspecified atom stereocenters. The molecule has 2 atom stereocenters. The molecule has 39 heavy (non-hydrogen) atoms. The number of hydrogen-bond acceptors (Lipinski definition) is 6. The van der Waals surface area contributed by atoms with Gasteiger partial charge in [0.25, 0.3) is 0 Å². The molecule has 8 nitrogen and oxygen atoms in total. The normalized spacial score (nSPS) is 23.2. The Kier molecular flexibility index (Phi) is 11.6. The van der Waals surface area contributed by atoms with Gasteiger partial charge in [-0.05, 0) is 75.3 Å². The number of halogens is 6. The Bertz CT molecular complexity index is 920. The van der Waals surface area contributed by atoms with E-state index >= 15 is 0 Å². The maximum absolute atomic E-state index is 11.5. The molecule has 0 saturated carbocycles. The summed E-state index contributed by atoms with van der Waals surface area (Å²) in [6.07, 6.45) is -4.73. The Morgan fingerprint density at radius 2 is 1.49 bits per heavy atom. The number of piperidine rings is 2. The minimum absolute atomic E-state index is 0.0423. The number of likely N-dealkylation sites (tertiary alicyclic amines) is 1. The van der Waals surface area contributed by atoms with Crippen molar-refractivity contribution in [3.05, 3.63) is 35.4 Å². The van der Waals surface area contributed by atoms with Gasteiger partial charge in [0, 0.05) is 19.1 Å². The number of fused-ring (bicyclic) bond motifs is 2. The molecular weight excluding hydrogens is 538 g/mol. The fourth-order valence-electron chi connectivity index (χ4n) is 5.48. The number of benzene rings is 1. The van der Waals surface area contributed by atoms with Crippen molar-refractivity contribution in [1.29, 1.82) is 0 Å². The summed E-state index contributed by atoms with van der Waals surface area (Å²) >= 11 is 0. The number of aliphatic carboxylic acids is 2. The van der Waals surface area contributed by atoms with Crippen LogP contribution < -0.4 is 5.32 Å². The molecule has 2 fully saturated rings. The molecule has 1 spiro atoms. The van der Waals surface area contributed by atoms with Crippen LogP contribution in [0.2, 0.25) is 0 Å². The molecule has 2 aliphatic heterocycles. The number of aliphatic hydroxyl groups excluding tert-OH is 1. The van der Waals surface area contributed by atoms with E-state index in [1.807, 2.05) is 0 Å². The fraction of sp³-hybridized carbons (Fsp3) is 0.680. The lowest BCUT2D eigenvalue weighted by atomic mass is 9.72. The van der Waals surface area contributed by atoms with Crippen molar-refractivity contribution in [3.63, 3.8) is 0 Å². The molecule has 0 radical (unpaired) electrons. The third-order valence-electron chi connectivity index (χ3n) is 7.43. The monoisotopic (exact) mass is 572 g/mol. The molecule has 3 aliphatic rings. The lowest BCUT2D eigenvalue weighted by Crippen LogP contribution is -2.49. The quantitative estimate of drug-likeness (QED) is 0.403. The summed E-state index contributed by atoms with van der Waals surface area (Å²) in [5.74, 6) is -4.74. The third kappa shape index (κ3) is 8.53. The Morgan fingerprint density at radius 1 is 1.00 bits per heavy atom. The standard InChI is InChI=1S/C21H32N2O2.2C2HF3O2/c1-25-15-8-16-6-13-23(14-7-16)19-17-4-2-3-5-18(17)21(20(19)24)9-11-22-12-10-21;2*3-2(4,5)1(6)7/h2-5,16,19-20,22,24H,6-15H2,1H3;2*(H,6,7)/t19-,20+;;/m1../s1. The number of carboxylic acid groups (broad SMARTS) is 2. The topological polar surface area (TPSA) is 119 Å². The third-order valence-corrected chi connectivity index (χ3v) is 7.43. The van der Waals surface area contributed by atoms with E-state index in [1.165, 1.54) is 30.4 Å². The summed E-state index contributed by atoms with van der Waals surface area (Å²) in [5, 5.41) is 29.2. The van der Waals surface area contributed by atoms with Gasteiger partial charge in [-0.1, -0.05) is 24.3 Å². The largest absolute Gasteiger partial charge is 0.490 e. The number of methoxy groups -OCH3 is 1. The Morgan fingerprint density at radius 3 is 1.95 bits per heavy atom. The van der Waals surface area contributed by atoms with Gasteiger partial charge in [0.1, 0.15) is 0 Å². The van der Waals surface area contributed by atoms with Crippen molar-refractivity contribution < 1.29 is 56.0 Å². The lowest BCUT2D eigenvalue weighted by Gasteiger charge is -2.42. The maximum atomic E-state index is 11.5. The molecule has 1 aliphatic carbocycles. The lowest BCUT2D eigenvalue weighted by molar-refractivity contribution is -0.193. The Balaban J connectivity index is 0.000000317. The molecule has 14 heteroatoms.